The first-order valence-electron chi connectivity index (χ1n) is 12.2. The zero-order valence-corrected chi connectivity index (χ0v) is 21.5. The van der Waals surface area contributed by atoms with Crippen LogP contribution in [-0.4, -0.2) is 27.8 Å². The van der Waals surface area contributed by atoms with Gasteiger partial charge in [0.1, 0.15) is 11.6 Å². The number of aromatic carboxylic acids is 1. The average Bonchev–Trinajstić information content (AvgIpc) is 3.20. The lowest BCUT2D eigenvalue weighted by molar-refractivity contribution is -0.137. The third kappa shape index (κ3) is 4.86. The number of aryl methyl sites for hydroxylation is 2. The lowest BCUT2D eigenvalue weighted by atomic mass is 9.99. The molecule has 1 aliphatic heterocycles. The van der Waals surface area contributed by atoms with Crippen molar-refractivity contribution < 1.29 is 37.4 Å². The smallest absolute Gasteiger partial charge is 0.416 e. The van der Waals surface area contributed by atoms with Crippen molar-refractivity contribution in [3.05, 3.63) is 106 Å². The second kappa shape index (κ2) is 10.1. The van der Waals surface area contributed by atoms with E-state index in [1.165, 1.54) is 44.2 Å². The summed E-state index contributed by atoms with van der Waals surface area (Å²) in [6.07, 6.45) is -4.70. The minimum absolute atomic E-state index is 0.0482. The molecule has 0 aliphatic carbocycles. The molecule has 41 heavy (non-hydrogen) atoms. The fourth-order valence-corrected chi connectivity index (χ4v) is 4.73. The summed E-state index contributed by atoms with van der Waals surface area (Å²) in [6, 6.07) is 15.9. The highest BCUT2D eigenvalue weighted by atomic mass is 19.4. The maximum Gasteiger partial charge on any atom is 0.416 e. The number of benzene rings is 4. The molecule has 0 aromatic heterocycles. The summed E-state index contributed by atoms with van der Waals surface area (Å²) in [7, 11) is 0. The molecular formula is C30H21F4N3O4. The summed E-state index contributed by atoms with van der Waals surface area (Å²) in [5.74, 6) is -2.78. The van der Waals surface area contributed by atoms with Gasteiger partial charge in [0.2, 0.25) is 0 Å². The highest BCUT2D eigenvalue weighted by Crippen LogP contribution is 2.42. The molecule has 5 rings (SSSR count). The monoisotopic (exact) mass is 563 g/mol. The first-order valence-corrected chi connectivity index (χ1v) is 12.2. The summed E-state index contributed by atoms with van der Waals surface area (Å²) >= 11 is 0. The van der Waals surface area contributed by atoms with Crippen LogP contribution >= 0.6 is 0 Å². The van der Waals surface area contributed by atoms with E-state index in [1.807, 2.05) is 0 Å². The molecule has 0 fully saturated rings. The normalized spacial score (nSPS) is 14.0. The Morgan fingerprint density at radius 2 is 1.56 bits per heavy atom. The van der Waals surface area contributed by atoms with Crippen LogP contribution in [0.15, 0.2) is 77.9 Å². The minimum Gasteiger partial charge on any atom is -0.507 e. The number of aromatic hydroxyl groups is 1. The number of carboxylic acid groups (broad SMARTS) is 1. The summed E-state index contributed by atoms with van der Waals surface area (Å²) in [5.41, 5.74) is 2.02. The molecule has 1 heterocycles. The molecule has 0 unspecified atom stereocenters. The Bertz CT molecular complexity index is 1740. The lowest BCUT2D eigenvalue weighted by Gasteiger charge is -2.20. The van der Waals surface area contributed by atoms with Crippen LogP contribution in [0.1, 0.15) is 32.6 Å². The van der Waals surface area contributed by atoms with Gasteiger partial charge >= 0.3 is 12.1 Å². The SMILES string of the molecule is Cc1cc(N2C(=O)/C(=N\Nc3c(C(=O)O)cccc3-c3ccccc3O)c3ccc(C(F)(F)F)cc32)cc(C)c1F. The molecule has 0 spiro atoms. The quantitative estimate of drug-likeness (QED) is 0.179. The van der Waals surface area contributed by atoms with Gasteiger partial charge in [-0.05, 0) is 67.4 Å². The Hall–Kier alpha value is -5.19. The predicted octanol–water partition coefficient (Wildman–Crippen LogP) is 7.03. The Morgan fingerprint density at radius 3 is 2.20 bits per heavy atom. The van der Waals surface area contributed by atoms with Gasteiger partial charge in [0.15, 0.2) is 5.71 Å². The minimum atomic E-state index is -4.70. The highest BCUT2D eigenvalue weighted by Gasteiger charge is 2.39. The van der Waals surface area contributed by atoms with Crippen LogP contribution in [0.3, 0.4) is 0 Å². The van der Waals surface area contributed by atoms with Crippen LogP contribution in [0.25, 0.3) is 11.1 Å². The Morgan fingerprint density at radius 1 is 0.902 bits per heavy atom. The largest absolute Gasteiger partial charge is 0.507 e. The van der Waals surface area contributed by atoms with Crippen molar-refractivity contribution in [1.29, 1.82) is 0 Å². The third-order valence-electron chi connectivity index (χ3n) is 6.67. The van der Waals surface area contributed by atoms with Gasteiger partial charge in [0.25, 0.3) is 5.91 Å². The number of carboxylic acids is 1. The Balaban J connectivity index is 1.68. The summed E-state index contributed by atoms with van der Waals surface area (Å²) in [4.78, 5) is 26.8. The number of rotatable bonds is 5. The molecule has 0 bridgehead atoms. The molecule has 208 valence electrons. The topological polar surface area (TPSA) is 102 Å². The number of nitrogens with zero attached hydrogens (tertiary/aromatic N) is 2. The number of hydrazone groups is 1. The van der Waals surface area contributed by atoms with Gasteiger partial charge in [-0.1, -0.05) is 30.3 Å². The number of phenols is 1. The Labute approximate surface area is 231 Å². The number of hydrogen-bond donors (Lipinski definition) is 3. The molecule has 0 atom stereocenters. The predicted molar refractivity (Wildman–Crippen MR) is 145 cm³/mol. The van der Waals surface area contributed by atoms with Crippen LogP contribution < -0.4 is 10.3 Å². The van der Waals surface area contributed by atoms with Gasteiger partial charge in [-0.25, -0.2) is 9.18 Å². The van der Waals surface area contributed by atoms with E-state index in [-0.39, 0.29) is 61.9 Å². The first kappa shape index (κ1) is 27.4. The van der Waals surface area contributed by atoms with Gasteiger partial charge in [0, 0.05) is 16.7 Å². The maximum atomic E-state index is 14.4. The van der Waals surface area contributed by atoms with Gasteiger partial charge in [-0.2, -0.15) is 18.3 Å². The van der Waals surface area contributed by atoms with Crippen molar-refractivity contribution >= 4 is 34.7 Å². The van der Waals surface area contributed by atoms with Crippen molar-refractivity contribution in [2.45, 2.75) is 20.0 Å². The van der Waals surface area contributed by atoms with Crippen molar-refractivity contribution in [3.8, 4) is 16.9 Å². The molecule has 7 nitrogen and oxygen atoms in total. The molecule has 0 saturated heterocycles. The van der Waals surface area contributed by atoms with Crippen molar-refractivity contribution in [2.75, 3.05) is 10.3 Å². The number of amides is 1. The van der Waals surface area contributed by atoms with E-state index in [0.717, 1.165) is 23.1 Å². The zero-order valence-electron chi connectivity index (χ0n) is 21.5. The second-order valence-electron chi connectivity index (χ2n) is 9.39. The van der Waals surface area contributed by atoms with Crippen molar-refractivity contribution in [3.63, 3.8) is 0 Å². The fraction of sp³-hybridized carbons (Fsp3) is 0.100. The lowest BCUT2D eigenvalue weighted by Crippen LogP contribution is -2.26. The standard InChI is InChI=1S/C30H21F4N3O4/c1-15-12-18(13-16(2)25(15)31)37-23-14-17(30(32,33)34)10-11-21(23)27(28(37)39)36-35-26-20(7-5-8-22(26)29(40)41)19-6-3-4-9-24(19)38/h3-14,35,38H,1-2H3,(H,40,41)/b36-27-. The third-order valence-corrected chi connectivity index (χ3v) is 6.67. The van der Waals surface area contributed by atoms with E-state index in [4.69, 9.17) is 0 Å². The molecule has 11 heteroatoms. The number of carbonyl (C=O) groups is 2. The van der Waals surface area contributed by atoms with E-state index in [9.17, 15) is 37.4 Å². The van der Waals surface area contributed by atoms with Crippen LogP contribution in [-0.2, 0) is 11.0 Å². The molecule has 1 aliphatic rings. The van der Waals surface area contributed by atoms with Crippen LogP contribution in [0.4, 0.5) is 34.6 Å². The molecular weight excluding hydrogens is 542 g/mol. The molecule has 1 amide bonds. The number of alkyl halides is 3. The fourth-order valence-electron chi connectivity index (χ4n) is 4.73. The van der Waals surface area contributed by atoms with Crippen molar-refractivity contribution in [2.24, 2.45) is 5.10 Å². The summed E-state index contributed by atoms with van der Waals surface area (Å²) in [6.45, 7) is 2.94. The molecule has 3 N–H and O–H groups in total. The van der Waals surface area contributed by atoms with Gasteiger partial charge in [-0.3, -0.25) is 15.1 Å². The number of phenolic OH excluding ortho intramolecular Hbond substituents is 1. The van der Waals surface area contributed by atoms with Crippen LogP contribution in [0.2, 0.25) is 0 Å². The number of halogens is 4. The Kier molecular flexibility index (Phi) is 6.74. The van der Waals surface area contributed by atoms with E-state index >= 15 is 0 Å². The molecule has 0 radical (unpaired) electrons. The number of hydrogen-bond acceptors (Lipinski definition) is 5. The zero-order chi connectivity index (χ0) is 29.6. The van der Waals surface area contributed by atoms with E-state index < -0.39 is 29.4 Å². The van der Waals surface area contributed by atoms with Crippen LogP contribution in [0.5, 0.6) is 5.75 Å². The summed E-state index contributed by atoms with van der Waals surface area (Å²) in [5, 5.41) is 24.4. The van der Waals surface area contributed by atoms with Gasteiger partial charge < -0.3 is 10.2 Å². The second-order valence-corrected chi connectivity index (χ2v) is 9.39. The molecule has 4 aromatic rings. The number of fused-ring (bicyclic) bond motifs is 1. The number of anilines is 3. The van der Waals surface area contributed by atoms with E-state index in [2.05, 4.69) is 10.5 Å². The van der Waals surface area contributed by atoms with Gasteiger partial charge in [-0.15, -0.1) is 0 Å². The molecule has 0 saturated carbocycles. The van der Waals surface area contributed by atoms with Crippen LogP contribution in [0, 0.1) is 19.7 Å². The number of para-hydroxylation sites is 2. The molecule has 4 aromatic carbocycles. The first-order chi connectivity index (χ1) is 19.4. The number of carbonyl (C=O) groups excluding carboxylic acids is 1. The van der Waals surface area contributed by atoms with E-state index in [1.54, 1.807) is 24.3 Å². The average molecular weight is 564 g/mol. The maximum absolute atomic E-state index is 14.4. The highest BCUT2D eigenvalue weighted by molar-refractivity contribution is 6.55. The van der Waals surface area contributed by atoms with Gasteiger partial charge in [0.05, 0.1) is 28.2 Å². The van der Waals surface area contributed by atoms with E-state index in [0.29, 0.717) is 0 Å². The number of nitrogens with one attached hydrogen (secondary N) is 1. The summed E-state index contributed by atoms with van der Waals surface area (Å²) < 4.78 is 55.2. The van der Waals surface area contributed by atoms with Crippen molar-refractivity contribution in [1.82, 2.24) is 0 Å².